The number of alkyl halides is 8. The van der Waals surface area contributed by atoms with E-state index in [1.54, 1.807) is 0 Å². The molecule has 3 atom stereocenters. The van der Waals surface area contributed by atoms with Crippen molar-refractivity contribution in [2.75, 3.05) is 16.8 Å². The summed E-state index contributed by atoms with van der Waals surface area (Å²) in [5, 5.41) is 8.33. The number of carbonyl (C=O) groups excluding carboxylic acids is 2. The number of benzene rings is 3. The molecule has 500 valence electrons. The summed E-state index contributed by atoms with van der Waals surface area (Å²) in [4.78, 5) is 54.3. The van der Waals surface area contributed by atoms with Crippen molar-refractivity contribution in [2.24, 2.45) is 5.92 Å². The number of aryl methyl sites for hydroxylation is 1. The molecule has 6 aromatic rings. The Labute approximate surface area is 526 Å². The fraction of sp³-hybridized carbons (Fsp3) is 0.456. The minimum atomic E-state index is -5.55. The number of amides is 2. The van der Waals surface area contributed by atoms with E-state index in [0.29, 0.717) is 12.3 Å². The predicted molar refractivity (Wildman–Crippen MR) is 316 cm³/mol. The number of rotatable bonds is 21. The molecule has 20 nitrogen and oxygen atoms in total. The number of phosphoric acid groups is 1. The smallest absolute Gasteiger partial charge is 0.404 e. The molecule has 92 heavy (non-hydrogen) atoms. The van der Waals surface area contributed by atoms with Crippen LogP contribution in [0.15, 0.2) is 54.6 Å². The van der Waals surface area contributed by atoms with Gasteiger partial charge in [0.05, 0.1) is 51.4 Å². The van der Waals surface area contributed by atoms with E-state index in [1.165, 1.54) is 68.4 Å². The van der Waals surface area contributed by atoms with Crippen LogP contribution >= 0.6 is 27.0 Å². The zero-order chi connectivity index (χ0) is 68.9. The highest BCUT2D eigenvalue weighted by atomic mass is 35.5. The Morgan fingerprint density at radius 2 is 1.48 bits per heavy atom. The Balaban J connectivity index is 1.34. The van der Waals surface area contributed by atoms with Crippen molar-refractivity contribution in [3.8, 4) is 28.7 Å². The number of nitrogens with one attached hydrogen (secondary N) is 1. The number of fused-ring (bicyclic) bond motifs is 4. The maximum Gasteiger partial charge on any atom is 0.524 e. The van der Waals surface area contributed by atoms with Crippen LogP contribution in [0.3, 0.4) is 0 Å². The van der Waals surface area contributed by atoms with E-state index in [2.05, 4.69) is 32.3 Å². The molecule has 1 fully saturated rings. The van der Waals surface area contributed by atoms with Crippen LogP contribution < -0.4 is 19.5 Å². The van der Waals surface area contributed by atoms with Crippen molar-refractivity contribution in [1.82, 2.24) is 29.9 Å². The summed E-state index contributed by atoms with van der Waals surface area (Å²) in [5.74, 6) is -8.58. The summed E-state index contributed by atoms with van der Waals surface area (Å²) >= 11 is 6.84. The van der Waals surface area contributed by atoms with E-state index in [0.717, 1.165) is 48.7 Å². The van der Waals surface area contributed by atoms with Gasteiger partial charge in [0.15, 0.2) is 21.3 Å². The van der Waals surface area contributed by atoms with Gasteiger partial charge in [-0.1, -0.05) is 37.4 Å². The molecule has 3 N–H and O–H groups in total. The van der Waals surface area contributed by atoms with Crippen LogP contribution in [0.2, 0.25) is 5.02 Å². The van der Waals surface area contributed by atoms with Crippen molar-refractivity contribution in [2.45, 2.75) is 147 Å². The van der Waals surface area contributed by atoms with Gasteiger partial charge in [-0.25, -0.2) is 35.2 Å². The topological polar surface area (TPSA) is 269 Å². The average molecular weight is 1400 g/mol. The number of hydrogen-bond donors (Lipinski definition) is 3. The van der Waals surface area contributed by atoms with Crippen molar-refractivity contribution >= 4 is 80.7 Å². The Morgan fingerprint density at radius 3 is 2.02 bits per heavy atom. The van der Waals surface area contributed by atoms with Crippen LogP contribution in [0.4, 0.5) is 49.7 Å². The summed E-state index contributed by atoms with van der Waals surface area (Å²) in [6.45, 7) is 9.06. The molecular weight excluding hydrogens is 1340 g/mol. The van der Waals surface area contributed by atoms with Crippen molar-refractivity contribution < 1.29 is 103 Å². The summed E-state index contributed by atoms with van der Waals surface area (Å²) in [6, 6.07) is 6.61. The fourth-order valence-electron chi connectivity index (χ4n) is 11.1. The van der Waals surface area contributed by atoms with Gasteiger partial charge in [-0.2, -0.15) is 49.6 Å². The van der Waals surface area contributed by atoms with Crippen LogP contribution in [0.1, 0.15) is 125 Å². The molecule has 2 aliphatic carbocycles. The maximum atomic E-state index is 15.8. The highest BCUT2D eigenvalue weighted by Gasteiger charge is 2.68. The Bertz CT molecular complexity index is 4360. The highest BCUT2D eigenvalue weighted by molar-refractivity contribution is 7.93. The third kappa shape index (κ3) is 15.2. The molecule has 1 saturated carbocycles. The second-order valence-electron chi connectivity index (χ2n) is 24.0. The third-order valence-electron chi connectivity index (χ3n) is 14.8. The number of carbonyl (C=O) groups is 2. The first kappa shape index (κ1) is 71.4. The number of hydrogen-bond acceptors (Lipinski definition) is 14. The second kappa shape index (κ2) is 24.7. The lowest BCUT2D eigenvalue weighted by atomic mass is 9.78. The van der Waals surface area contributed by atoms with E-state index in [-0.39, 0.29) is 53.3 Å². The van der Waals surface area contributed by atoms with E-state index in [4.69, 9.17) is 25.2 Å². The Hall–Kier alpha value is -6.42. The SMILES string of the molecule is Cc1cc(P(=O)(OC(C)C)OC(C)C)cc(OP(=O)(O)O)c1C(C)(C)CC(=O)N(c1nn(CC(F)(F)F)c2c(-c3ccc(C#CC(C)(C)S(C)(=O)=O)nc3[C@H](Cc3cc(F)cc(F)c3)NC(=O)Cn3nc(C(F)(F)F)c4c3C(F)(F)[C@@H]3C[C@H]43)ccc(Cl)c12)S(C)(=O)=O. The number of sulfone groups is 1. The van der Waals surface area contributed by atoms with Gasteiger partial charge in [0.1, 0.15) is 46.6 Å². The predicted octanol–water partition coefficient (Wildman–Crippen LogP) is 11.4. The first-order valence-electron chi connectivity index (χ1n) is 27.6. The summed E-state index contributed by atoms with van der Waals surface area (Å²) in [7, 11) is -19.0. The minimum Gasteiger partial charge on any atom is -0.404 e. The molecule has 0 aliphatic heterocycles. The first-order chi connectivity index (χ1) is 41.9. The average Bonchev–Trinajstić information content (AvgIpc) is 1.52. The maximum absolute atomic E-state index is 15.8. The van der Waals surface area contributed by atoms with Gasteiger partial charge in [-0.05, 0) is 127 Å². The fourth-order valence-corrected chi connectivity index (χ4v) is 14.8. The number of halogens is 11. The molecule has 2 aliphatic rings. The summed E-state index contributed by atoms with van der Waals surface area (Å²) in [6.07, 6.45) is -12.8. The van der Waals surface area contributed by atoms with Gasteiger partial charge in [-0.15, -0.1) is 0 Å². The van der Waals surface area contributed by atoms with Crippen LogP contribution in [0.25, 0.3) is 22.0 Å². The molecule has 0 spiro atoms. The lowest BCUT2D eigenvalue weighted by Crippen LogP contribution is -2.40. The number of sulfonamides is 1. The Morgan fingerprint density at radius 1 is 0.880 bits per heavy atom. The van der Waals surface area contributed by atoms with Crippen molar-refractivity contribution in [1.29, 1.82) is 0 Å². The molecule has 3 aromatic heterocycles. The molecule has 35 heteroatoms. The normalized spacial score (nSPS) is 16.5. The van der Waals surface area contributed by atoms with Crippen molar-refractivity contribution in [3.63, 3.8) is 0 Å². The van der Waals surface area contributed by atoms with Gasteiger partial charge < -0.3 is 18.9 Å². The van der Waals surface area contributed by atoms with Crippen LogP contribution in [0.5, 0.6) is 5.75 Å². The van der Waals surface area contributed by atoms with E-state index in [1.807, 2.05) is 0 Å². The van der Waals surface area contributed by atoms with Crippen LogP contribution in [-0.4, -0.2) is 98.6 Å². The largest absolute Gasteiger partial charge is 0.524 e. The number of nitrogens with zero attached hydrogens (tertiary/aromatic N) is 6. The first-order valence-corrected chi connectivity index (χ1v) is 34.8. The van der Waals surface area contributed by atoms with Crippen LogP contribution in [0, 0.1) is 36.3 Å². The van der Waals surface area contributed by atoms with Crippen molar-refractivity contribution in [3.05, 3.63) is 116 Å². The molecule has 0 bridgehead atoms. The zero-order valence-electron chi connectivity index (χ0n) is 50.6. The highest BCUT2D eigenvalue weighted by Crippen LogP contribution is 2.68. The number of anilines is 1. The quantitative estimate of drug-likeness (QED) is 0.0343. The van der Waals surface area contributed by atoms with Gasteiger partial charge in [0, 0.05) is 52.3 Å². The van der Waals surface area contributed by atoms with Crippen LogP contribution in [-0.2, 0) is 84.7 Å². The van der Waals surface area contributed by atoms with E-state index >= 15 is 35.5 Å². The lowest BCUT2D eigenvalue weighted by Gasteiger charge is -2.32. The molecule has 3 heterocycles. The molecule has 0 unspecified atom stereocenters. The number of phosphoric ester groups is 1. The molecule has 2 amide bonds. The number of pyridine rings is 1. The molecule has 3 aromatic carbocycles. The zero-order valence-corrected chi connectivity index (χ0v) is 54.7. The van der Waals surface area contributed by atoms with Gasteiger partial charge >= 0.3 is 27.8 Å². The van der Waals surface area contributed by atoms with Gasteiger partial charge in [-0.3, -0.25) is 33.3 Å². The summed E-state index contributed by atoms with van der Waals surface area (Å²) < 4.78 is 246. The molecular formula is C57H60ClF10N7O13P2S2. The summed E-state index contributed by atoms with van der Waals surface area (Å²) in [5.41, 5.74) is -8.46. The van der Waals surface area contributed by atoms with Gasteiger partial charge in [0.2, 0.25) is 21.8 Å². The Kier molecular flexibility index (Phi) is 19.2. The third-order valence-corrected chi connectivity index (χ3v) is 20.9. The standard InChI is InChI=1S/C57H60ClF10N7O13P2S2/c1-28(2)86-89(78,87-29(3)4)35-18-30(5)47(42(23-35)88-90(79,80)81)53(6,7)25-44(77)75(92(11,84)85)52-46-40(58)15-14-37(49(46)74(72-52)27-55(61,62)63)36-13-12-34(16-17-54(8,9)91(10,82)83)69-48(36)41(21-31-19-32(59)22-33(60)20-31)70-43(76)26-73-51-45(50(71-73)57(66,67)68)38-24-39(38)56(51,64)65/h12-15,18-20,22-23,28-29,38-39,41H,21,24-27H2,1-11H3,(H,70,76)(H2,79,80,81)/t38-,39+,41-/m0/s1. The van der Waals surface area contributed by atoms with E-state index < -0.39 is 199 Å². The molecule has 0 radical (unpaired) electrons. The number of aromatic nitrogens is 5. The van der Waals surface area contributed by atoms with E-state index in [9.17, 15) is 53.7 Å². The monoisotopic (exact) mass is 1400 g/mol. The minimum absolute atomic E-state index is 0.0140. The molecule has 8 rings (SSSR count). The lowest BCUT2D eigenvalue weighted by molar-refractivity contribution is -0.143. The molecule has 0 saturated heterocycles. The second-order valence-corrected chi connectivity index (χ2v) is 31.9. The van der Waals surface area contributed by atoms with Gasteiger partial charge in [0.25, 0.3) is 5.92 Å².